The first kappa shape index (κ1) is 16.5. The summed E-state index contributed by atoms with van der Waals surface area (Å²) in [5.41, 5.74) is 2.08. The van der Waals surface area contributed by atoms with Crippen LogP contribution in [0.15, 0.2) is 12.3 Å². The number of hydrogen-bond acceptors (Lipinski definition) is 3. The molecule has 0 amide bonds. The fraction of sp³-hybridized carbons (Fsp3) is 0.737. The SMILES string of the molecule is CCn1cc(CN2CCC([C@@H](C)N3CCCC3)CC2)cc1C#N. The fourth-order valence-corrected chi connectivity index (χ4v) is 4.31. The molecule has 0 unspecified atom stereocenters. The van der Waals surface area contributed by atoms with Crippen molar-refractivity contribution in [2.75, 3.05) is 26.2 Å². The molecule has 1 aromatic heterocycles. The van der Waals surface area contributed by atoms with Gasteiger partial charge in [-0.15, -0.1) is 0 Å². The highest BCUT2D eigenvalue weighted by atomic mass is 15.2. The summed E-state index contributed by atoms with van der Waals surface area (Å²) < 4.78 is 2.05. The topological polar surface area (TPSA) is 35.2 Å². The van der Waals surface area contributed by atoms with Gasteiger partial charge in [-0.05, 0) is 83.3 Å². The summed E-state index contributed by atoms with van der Waals surface area (Å²) in [5, 5.41) is 9.18. The van der Waals surface area contributed by atoms with E-state index >= 15 is 0 Å². The fourth-order valence-electron chi connectivity index (χ4n) is 4.31. The number of likely N-dealkylation sites (tertiary alicyclic amines) is 2. The van der Waals surface area contributed by atoms with Crippen LogP contribution in [0.5, 0.6) is 0 Å². The monoisotopic (exact) mass is 314 g/mol. The molecule has 3 rings (SSSR count). The van der Waals surface area contributed by atoms with Crippen molar-refractivity contribution in [2.45, 2.75) is 58.7 Å². The Morgan fingerprint density at radius 1 is 1.22 bits per heavy atom. The number of piperidine rings is 1. The van der Waals surface area contributed by atoms with E-state index in [1.807, 2.05) is 0 Å². The maximum absolute atomic E-state index is 9.18. The Kier molecular flexibility index (Phi) is 5.40. The summed E-state index contributed by atoms with van der Waals surface area (Å²) in [7, 11) is 0. The van der Waals surface area contributed by atoms with Gasteiger partial charge < -0.3 is 9.47 Å². The number of nitrogens with zero attached hydrogens (tertiary/aromatic N) is 4. The molecule has 2 aliphatic heterocycles. The average Bonchev–Trinajstić information content (AvgIpc) is 3.24. The zero-order valence-corrected chi connectivity index (χ0v) is 14.7. The van der Waals surface area contributed by atoms with E-state index in [4.69, 9.17) is 0 Å². The first-order valence-electron chi connectivity index (χ1n) is 9.26. The number of aromatic nitrogens is 1. The van der Waals surface area contributed by atoms with Crippen molar-refractivity contribution >= 4 is 0 Å². The van der Waals surface area contributed by atoms with Gasteiger partial charge in [-0.3, -0.25) is 4.90 Å². The van der Waals surface area contributed by atoms with Crippen molar-refractivity contribution in [3.8, 4) is 6.07 Å². The predicted octanol–water partition coefficient (Wildman–Crippen LogP) is 3.08. The Labute approximate surface area is 140 Å². The molecule has 3 heterocycles. The van der Waals surface area contributed by atoms with Crippen molar-refractivity contribution in [1.82, 2.24) is 14.4 Å². The highest BCUT2D eigenvalue weighted by Gasteiger charge is 2.29. The normalized spacial score (nSPS) is 22.3. The number of nitriles is 1. The van der Waals surface area contributed by atoms with E-state index in [1.54, 1.807) is 0 Å². The molecule has 23 heavy (non-hydrogen) atoms. The lowest BCUT2D eigenvalue weighted by molar-refractivity contribution is 0.108. The first-order valence-corrected chi connectivity index (χ1v) is 9.26. The van der Waals surface area contributed by atoms with Gasteiger partial charge in [0, 0.05) is 25.3 Å². The quantitative estimate of drug-likeness (QED) is 0.838. The van der Waals surface area contributed by atoms with E-state index in [9.17, 15) is 5.26 Å². The number of rotatable bonds is 5. The third-order valence-electron chi connectivity index (χ3n) is 5.85. The zero-order valence-electron chi connectivity index (χ0n) is 14.7. The van der Waals surface area contributed by atoms with Crippen LogP contribution < -0.4 is 0 Å². The molecular weight excluding hydrogens is 284 g/mol. The highest BCUT2D eigenvalue weighted by Crippen LogP contribution is 2.27. The van der Waals surface area contributed by atoms with Crippen LogP contribution in [-0.4, -0.2) is 46.6 Å². The molecule has 126 valence electrons. The van der Waals surface area contributed by atoms with Crippen LogP contribution in [0.2, 0.25) is 0 Å². The maximum Gasteiger partial charge on any atom is 0.120 e. The molecule has 0 aliphatic carbocycles. The standard InChI is InChI=1S/C19H30N4/c1-3-22-15-17(12-19(22)13-20)14-21-10-6-18(7-11-21)16(2)23-8-4-5-9-23/h12,15-16,18H,3-11,14H2,1-2H3/t16-/m1/s1. The van der Waals surface area contributed by atoms with Crippen LogP contribution in [0.1, 0.15) is 50.8 Å². The van der Waals surface area contributed by atoms with E-state index in [-0.39, 0.29) is 0 Å². The van der Waals surface area contributed by atoms with Crippen molar-refractivity contribution in [3.05, 3.63) is 23.5 Å². The van der Waals surface area contributed by atoms with Gasteiger partial charge in [0.15, 0.2) is 0 Å². The van der Waals surface area contributed by atoms with E-state index in [1.165, 1.54) is 57.4 Å². The van der Waals surface area contributed by atoms with Crippen molar-refractivity contribution in [1.29, 1.82) is 5.26 Å². The Morgan fingerprint density at radius 2 is 1.91 bits per heavy atom. The van der Waals surface area contributed by atoms with Crippen molar-refractivity contribution in [3.63, 3.8) is 0 Å². The van der Waals surface area contributed by atoms with Crippen molar-refractivity contribution in [2.24, 2.45) is 5.92 Å². The van der Waals surface area contributed by atoms with Crippen LogP contribution in [0.25, 0.3) is 0 Å². The number of aryl methyl sites for hydroxylation is 1. The average molecular weight is 314 g/mol. The summed E-state index contributed by atoms with van der Waals surface area (Å²) in [6.45, 7) is 11.4. The Balaban J connectivity index is 1.51. The van der Waals surface area contributed by atoms with Crippen LogP contribution in [0.4, 0.5) is 0 Å². The molecule has 4 nitrogen and oxygen atoms in total. The smallest absolute Gasteiger partial charge is 0.120 e. The van der Waals surface area contributed by atoms with Gasteiger partial charge in [-0.2, -0.15) is 5.26 Å². The van der Waals surface area contributed by atoms with Gasteiger partial charge in [0.2, 0.25) is 0 Å². The number of hydrogen-bond donors (Lipinski definition) is 0. The van der Waals surface area contributed by atoms with Gasteiger partial charge in [0.05, 0.1) is 0 Å². The predicted molar refractivity (Wildman–Crippen MR) is 93.1 cm³/mol. The molecule has 0 spiro atoms. The molecule has 1 atom stereocenters. The molecule has 0 bridgehead atoms. The summed E-state index contributed by atoms with van der Waals surface area (Å²) in [6, 6.07) is 5.11. The highest BCUT2D eigenvalue weighted by molar-refractivity contribution is 5.28. The first-order chi connectivity index (χ1) is 11.2. The summed E-state index contributed by atoms with van der Waals surface area (Å²) in [5.74, 6) is 0.860. The van der Waals surface area contributed by atoms with Gasteiger partial charge >= 0.3 is 0 Å². The van der Waals surface area contributed by atoms with E-state index in [0.29, 0.717) is 0 Å². The van der Waals surface area contributed by atoms with E-state index < -0.39 is 0 Å². The molecule has 2 aliphatic rings. The molecule has 2 fully saturated rings. The second-order valence-corrected chi connectivity index (χ2v) is 7.23. The van der Waals surface area contributed by atoms with Crippen molar-refractivity contribution < 1.29 is 0 Å². The Morgan fingerprint density at radius 3 is 2.48 bits per heavy atom. The maximum atomic E-state index is 9.18. The molecular formula is C19H30N4. The minimum absolute atomic E-state index is 0.756. The Hall–Kier alpha value is -1.31. The molecule has 0 radical (unpaired) electrons. The molecule has 1 aromatic rings. The molecule has 0 saturated carbocycles. The molecule has 0 aromatic carbocycles. The minimum atomic E-state index is 0.756. The molecule has 4 heteroatoms. The second-order valence-electron chi connectivity index (χ2n) is 7.23. The lowest BCUT2D eigenvalue weighted by Crippen LogP contribution is -2.42. The van der Waals surface area contributed by atoms with Gasteiger partial charge in [0.1, 0.15) is 11.8 Å². The van der Waals surface area contributed by atoms with E-state index in [2.05, 4.69) is 46.5 Å². The minimum Gasteiger partial charge on any atom is -0.339 e. The summed E-state index contributed by atoms with van der Waals surface area (Å²) in [6.07, 6.45) is 7.56. The van der Waals surface area contributed by atoms with E-state index in [0.717, 1.165) is 30.7 Å². The molecule has 0 N–H and O–H groups in total. The lowest BCUT2D eigenvalue weighted by atomic mass is 9.89. The third kappa shape index (κ3) is 3.79. The van der Waals surface area contributed by atoms with Crippen LogP contribution in [0, 0.1) is 17.2 Å². The lowest BCUT2D eigenvalue weighted by Gasteiger charge is -2.38. The van der Waals surface area contributed by atoms with Crippen LogP contribution in [0.3, 0.4) is 0 Å². The third-order valence-corrected chi connectivity index (χ3v) is 5.85. The second kappa shape index (κ2) is 7.51. The largest absolute Gasteiger partial charge is 0.339 e. The van der Waals surface area contributed by atoms with Gasteiger partial charge in [0.25, 0.3) is 0 Å². The summed E-state index contributed by atoms with van der Waals surface area (Å²) >= 11 is 0. The van der Waals surface area contributed by atoms with Gasteiger partial charge in [-0.1, -0.05) is 0 Å². The van der Waals surface area contributed by atoms with Crippen LogP contribution in [-0.2, 0) is 13.1 Å². The molecule has 2 saturated heterocycles. The Bertz CT molecular complexity index is 542. The van der Waals surface area contributed by atoms with Crippen LogP contribution >= 0.6 is 0 Å². The summed E-state index contributed by atoms with van der Waals surface area (Å²) in [4.78, 5) is 5.25. The van der Waals surface area contributed by atoms with Gasteiger partial charge in [-0.25, -0.2) is 0 Å². The zero-order chi connectivity index (χ0) is 16.2.